The zero-order chi connectivity index (χ0) is 16.1. The molecular weight excluding hydrogens is 306 g/mol. The number of carbonyl (C=O) groups is 1. The molecule has 2 fully saturated rings. The number of aliphatic hydroxyl groups is 1. The average Bonchev–Trinajstić information content (AvgIpc) is 2.70. The number of rotatable bonds is 3. The van der Waals surface area contributed by atoms with Gasteiger partial charge in [0.25, 0.3) is 0 Å². The van der Waals surface area contributed by atoms with Crippen LogP contribution in [0.5, 0.6) is 5.75 Å². The number of fused-ring (bicyclic) bond motifs is 2. The minimum Gasteiger partial charge on any atom is -0.482 e. The van der Waals surface area contributed by atoms with Crippen LogP contribution in [0.15, 0.2) is 24.3 Å². The Morgan fingerprint density at radius 1 is 1.27 bits per heavy atom. The Hall–Kier alpha value is -1.30. The fraction of sp³-hybridized carbons (Fsp3) is 0.562. The van der Waals surface area contributed by atoms with Crippen molar-refractivity contribution in [2.24, 2.45) is 0 Å². The van der Waals surface area contributed by atoms with Gasteiger partial charge >= 0.3 is 5.97 Å². The van der Waals surface area contributed by atoms with Gasteiger partial charge < -0.3 is 19.8 Å². The van der Waals surface area contributed by atoms with E-state index in [0.29, 0.717) is 22.9 Å². The predicted octanol–water partition coefficient (Wildman–Crippen LogP) is 2.41. The van der Waals surface area contributed by atoms with E-state index in [1.807, 2.05) is 0 Å². The summed E-state index contributed by atoms with van der Waals surface area (Å²) in [4.78, 5) is 12.5. The van der Waals surface area contributed by atoms with Gasteiger partial charge in [-0.25, -0.2) is 4.79 Å². The van der Waals surface area contributed by atoms with Crippen LogP contribution in [0.2, 0.25) is 5.02 Å². The Morgan fingerprint density at radius 2 is 1.82 bits per heavy atom. The number of aliphatic carboxylic acids is 1. The molecule has 0 amide bonds. The number of piperidine rings is 1. The lowest BCUT2D eigenvalue weighted by molar-refractivity contribution is -0.139. The highest BCUT2D eigenvalue weighted by atomic mass is 35.5. The van der Waals surface area contributed by atoms with Crippen molar-refractivity contribution in [3.05, 3.63) is 29.3 Å². The molecule has 6 heteroatoms. The molecule has 0 aliphatic carbocycles. The molecule has 5 nitrogen and oxygen atoms in total. The van der Waals surface area contributed by atoms with Gasteiger partial charge in [0.1, 0.15) is 5.75 Å². The molecule has 2 aliphatic rings. The van der Waals surface area contributed by atoms with Gasteiger partial charge in [0, 0.05) is 17.1 Å². The molecule has 0 saturated carbocycles. The number of hydrogen-bond donors (Lipinski definition) is 2. The van der Waals surface area contributed by atoms with E-state index in [0.717, 1.165) is 12.8 Å². The highest BCUT2D eigenvalue weighted by molar-refractivity contribution is 6.30. The molecule has 2 aliphatic heterocycles. The summed E-state index contributed by atoms with van der Waals surface area (Å²) in [6, 6.07) is 7.89. The molecule has 1 aromatic rings. The molecule has 2 bridgehead atoms. The molecule has 0 spiro atoms. The van der Waals surface area contributed by atoms with Crippen molar-refractivity contribution >= 4 is 17.6 Å². The lowest BCUT2D eigenvalue weighted by Crippen LogP contribution is -2.41. The molecule has 122 valence electrons. The molecular formula is C16H22ClNO4. The molecule has 3 rings (SSSR count). The highest BCUT2D eigenvalue weighted by Gasteiger charge is 2.37. The van der Waals surface area contributed by atoms with Crippen molar-refractivity contribution in [3.63, 3.8) is 0 Å². The van der Waals surface area contributed by atoms with Crippen LogP contribution in [-0.4, -0.2) is 52.9 Å². The molecule has 0 radical (unpaired) electrons. The summed E-state index contributed by atoms with van der Waals surface area (Å²) in [6.07, 6.45) is 4.62. The number of carboxylic acids is 1. The third kappa shape index (κ3) is 4.87. The summed E-state index contributed by atoms with van der Waals surface area (Å²) in [5.74, 6) is -0.494. The first kappa shape index (κ1) is 17.1. The monoisotopic (exact) mass is 327 g/mol. The number of hydrogen-bond acceptors (Lipinski definition) is 4. The molecule has 22 heavy (non-hydrogen) atoms. The normalized spacial score (nSPS) is 27.0. The Balaban J connectivity index is 0.000000162. The summed E-state index contributed by atoms with van der Waals surface area (Å²) in [5, 5.41) is 18.3. The van der Waals surface area contributed by atoms with Gasteiger partial charge in [0.05, 0.1) is 6.10 Å². The Labute approximate surface area is 135 Å². The first-order valence-corrected chi connectivity index (χ1v) is 7.83. The van der Waals surface area contributed by atoms with Gasteiger partial charge in [0.2, 0.25) is 0 Å². The fourth-order valence-electron chi connectivity index (χ4n) is 3.06. The minimum absolute atomic E-state index is 0.00583. The average molecular weight is 328 g/mol. The lowest BCUT2D eigenvalue weighted by atomic mass is 10.0. The molecule has 3 atom stereocenters. The van der Waals surface area contributed by atoms with E-state index in [4.69, 9.17) is 21.4 Å². The summed E-state index contributed by atoms with van der Waals surface area (Å²) in [5.41, 5.74) is 0. The summed E-state index contributed by atoms with van der Waals surface area (Å²) in [6.45, 7) is -0.332. The van der Waals surface area contributed by atoms with Crippen LogP contribution in [0.25, 0.3) is 0 Å². The standard InChI is InChI=1S/C8H7ClO3.C8H15NO/c9-6-1-3-7(4-2-6)12-5-8(10)11;1-9-6-2-3-7(9)5-8(10)4-6/h1-4H,5H2,(H,10,11);6-8,10H,2-5H2,1H3/t;6-,7+,8?. The van der Waals surface area contributed by atoms with E-state index in [1.54, 1.807) is 24.3 Å². The van der Waals surface area contributed by atoms with Gasteiger partial charge in [-0.05, 0) is 57.0 Å². The number of aliphatic hydroxyl groups excluding tert-OH is 1. The van der Waals surface area contributed by atoms with E-state index < -0.39 is 5.97 Å². The topological polar surface area (TPSA) is 70.0 Å². The first-order chi connectivity index (χ1) is 10.5. The second-order valence-corrected chi connectivity index (χ2v) is 6.25. The van der Waals surface area contributed by atoms with Crippen molar-refractivity contribution in [3.8, 4) is 5.75 Å². The highest BCUT2D eigenvalue weighted by Crippen LogP contribution is 2.33. The van der Waals surface area contributed by atoms with Crippen LogP contribution in [0, 0.1) is 0 Å². The second-order valence-electron chi connectivity index (χ2n) is 5.81. The maximum Gasteiger partial charge on any atom is 0.341 e. The largest absolute Gasteiger partial charge is 0.482 e. The lowest BCUT2D eigenvalue weighted by Gasteiger charge is -2.33. The number of nitrogens with zero attached hydrogens (tertiary/aromatic N) is 1. The number of ether oxygens (including phenoxy) is 1. The van der Waals surface area contributed by atoms with E-state index in [-0.39, 0.29) is 12.7 Å². The molecule has 0 aromatic heterocycles. The van der Waals surface area contributed by atoms with Crippen molar-refractivity contribution in [1.82, 2.24) is 4.90 Å². The third-order valence-electron chi connectivity index (χ3n) is 4.25. The zero-order valence-electron chi connectivity index (χ0n) is 12.6. The van der Waals surface area contributed by atoms with Gasteiger partial charge in [-0.2, -0.15) is 0 Å². The molecule has 1 aromatic carbocycles. The van der Waals surface area contributed by atoms with Gasteiger partial charge in [-0.1, -0.05) is 11.6 Å². The predicted molar refractivity (Wildman–Crippen MR) is 84.4 cm³/mol. The Bertz CT molecular complexity index is 479. The fourth-order valence-corrected chi connectivity index (χ4v) is 3.18. The quantitative estimate of drug-likeness (QED) is 0.892. The van der Waals surface area contributed by atoms with Crippen LogP contribution < -0.4 is 4.74 Å². The van der Waals surface area contributed by atoms with Crippen LogP contribution in [-0.2, 0) is 4.79 Å². The van der Waals surface area contributed by atoms with E-state index >= 15 is 0 Å². The molecule has 1 unspecified atom stereocenters. The van der Waals surface area contributed by atoms with Gasteiger partial charge in [-0.3, -0.25) is 0 Å². The maximum atomic E-state index is 10.1. The zero-order valence-corrected chi connectivity index (χ0v) is 13.4. The van der Waals surface area contributed by atoms with Crippen LogP contribution >= 0.6 is 11.6 Å². The van der Waals surface area contributed by atoms with E-state index in [1.165, 1.54) is 12.8 Å². The number of halogens is 1. The summed E-state index contributed by atoms with van der Waals surface area (Å²) in [7, 11) is 2.19. The van der Waals surface area contributed by atoms with Crippen molar-refractivity contribution in [1.29, 1.82) is 0 Å². The molecule has 2 N–H and O–H groups in total. The first-order valence-electron chi connectivity index (χ1n) is 7.46. The number of carboxylic acid groups (broad SMARTS) is 1. The Morgan fingerprint density at radius 3 is 2.32 bits per heavy atom. The number of benzene rings is 1. The smallest absolute Gasteiger partial charge is 0.341 e. The van der Waals surface area contributed by atoms with Crippen LogP contribution in [0.4, 0.5) is 0 Å². The van der Waals surface area contributed by atoms with Crippen LogP contribution in [0.3, 0.4) is 0 Å². The summed E-state index contributed by atoms with van der Waals surface area (Å²) < 4.78 is 4.86. The maximum absolute atomic E-state index is 10.1. The van der Waals surface area contributed by atoms with Crippen LogP contribution in [0.1, 0.15) is 25.7 Å². The van der Waals surface area contributed by atoms with Crippen molar-refractivity contribution in [2.45, 2.75) is 43.9 Å². The van der Waals surface area contributed by atoms with E-state index in [9.17, 15) is 9.90 Å². The van der Waals surface area contributed by atoms with Crippen molar-refractivity contribution in [2.75, 3.05) is 13.7 Å². The van der Waals surface area contributed by atoms with Gasteiger partial charge in [0.15, 0.2) is 6.61 Å². The van der Waals surface area contributed by atoms with E-state index in [2.05, 4.69) is 11.9 Å². The Kier molecular flexibility index (Phi) is 6.06. The SMILES string of the molecule is CN1[C@@H]2CC[C@H]1CC(O)C2.O=C(O)COc1ccc(Cl)cc1. The third-order valence-corrected chi connectivity index (χ3v) is 4.50. The molecule has 2 heterocycles. The second kappa shape index (κ2) is 7.81. The van der Waals surface area contributed by atoms with Crippen molar-refractivity contribution < 1.29 is 19.7 Å². The molecule has 2 saturated heterocycles. The summed E-state index contributed by atoms with van der Waals surface area (Å²) >= 11 is 5.60. The minimum atomic E-state index is -0.995. The van der Waals surface area contributed by atoms with Gasteiger partial charge in [-0.15, -0.1) is 0 Å².